The fourth-order valence-electron chi connectivity index (χ4n) is 1.63. The first-order valence-electron chi connectivity index (χ1n) is 5.63. The zero-order valence-electron chi connectivity index (χ0n) is 10.4. The molecule has 0 saturated carbocycles. The van der Waals surface area contributed by atoms with Crippen molar-refractivity contribution >= 4 is 21.6 Å². The summed E-state index contributed by atoms with van der Waals surface area (Å²) >= 11 is 5.65. The molecule has 2 rings (SSSR count). The smallest absolute Gasteiger partial charge is 0.244 e. The van der Waals surface area contributed by atoms with E-state index in [4.69, 9.17) is 11.6 Å². The second-order valence-electron chi connectivity index (χ2n) is 4.08. The quantitative estimate of drug-likeness (QED) is 0.858. The maximum absolute atomic E-state index is 12.3. The first-order valence-corrected chi connectivity index (χ1v) is 7.61. The predicted octanol–water partition coefficient (Wildman–Crippen LogP) is 1.97. The van der Waals surface area contributed by atoms with Gasteiger partial charge in [-0.15, -0.1) is 11.6 Å². The topological polar surface area (TPSA) is 66.1 Å². The minimum absolute atomic E-state index is 0.210. The molecule has 0 atom stereocenters. The molecule has 0 aliphatic heterocycles. The molecule has 2 heterocycles. The molecule has 0 unspecified atom stereocenters. The lowest BCUT2D eigenvalue weighted by Crippen LogP contribution is -2.26. The number of hydrogen-bond donors (Lipinski definition) is 1. The van der Waals surface area contributed by atoms with Gasteiger partial charge in [-0.2, -0.15) is 4.31 Å². The van der Waals surface area contributed by atoms with Crippen LogP contribution < -0.4 is 0 Å². The molecule has 5 nitrogen and oxygen atoms in total. The van der Waals surface area contributed by atoms with Crippen LogP contribution in [-0.4, -0.2) is 29.7 Å². The highest BCUT2D eigenvalue weighted by molar-refractivity contribution is 7.89. The SMILES string of the molecule is CN(Cc1ccccn1)S(=O)(=O)c1c[nH]c(CCl)c1. The maximum Gasteiger partial charge on any atom is 0.244 e. The van der Waals surface area contributed by atoms with Crippen LogP contribution in [0.2, 0.25) is 0 Å². The van der Waals surface area contributed by atoms with E-state index in [1.807, 2.05) is 6.07 Å². The molecule has 0 aliphatic rings. The minimum atomic E-state index is -3.52. The van der Waals surface area contributed by atoms with Crippen molar-refractivity contribution in [1.82, 2.24) is 14.3 Å². The van der Waals surface area contributed by atoms with Gasteiger partial charge in [-0.3, -0.25) is 4.98 Å². The first kappa shape index (κ1) is 14.0. The zero-order chi connectivity index (χ0) is 13.9. The molecular formula is C12H14ClN3O2S. The van der Waals surface area contributed by atoms with E-state index in [2.05, 4.69) is 9.97 Å². The Bertz CT molecular complexity index is 640. The molecule has 0 aliphatic carbocycles. The molecular weight excluding hydrogens is 286 g/mol. The van der Waals surface area contributed by atoms with Gasteiger partial charge in [0.1, 0.15) is 0 Å². The van der Waals surface area contributed by atoms with Gasteiger partial charge >= 0.3 is 0 Å². The number of nitrogens with zero attached hydrogens (tertiary/aromatic N) is 2. The van der Waals surface area contributed by atoms with Crippen molar-refractivity contribution in [2.45, 2.75) is 17.3 Å². The van der Waals surface area contributed by atoms with E-state index in [0.717, 1.165) is 0 Å². The highest BCUT2D eigenvalue weighted by atomic mass is 35.5. The number of aromatic amines is 1. The Kier molecular flexibility index (Phi) is 4.24. The molecule has 0 bridgehead atoms. The van der Waals surface area contributed by atoms with Crippen molar-refractivity contribution in [3.8, 4) is 0 Å². The minimum Gasteiger partial charge on any atom is -0.363 e. The number of alkyl halides is 1. The van der Waals surface area contributed by atoms with Gasteiger partial charge in [-0.1, -0.05) is 6.07 Å². The predicted molar refractivity (Wildman–Crippen MR) is 73.2 cm³/mol. The molecule has 0 amide bonds. The third kappa shape index (κ3) is 3.15. The van der Waals surface area contributed by atoms with Crippen molar-refractivity contribution in [3.63, 3.8) is 0 Å². The summed E-state index contributed by atoms with van der Waals surface area (Å²) in [7, 11) is -2.00. The van der Waals surface area contributed by atoms with Gasteiger partial charge in [0.05, 0.1) is 23.0 Å². The van der Waals surface area contributed by atoms with Crippen molar-refractivity contribution in [3.05, 3.63) is 48.0 Å². The van der Waals surface area contributed by atoms with E-state index in [1.54, 1.807) is 18.3 Å². The molecule has 2 aromatic rings. The Morgan fingerprint density at radius 2 is 2.21 bits per heavy atom. The third-order valence-electron chi connectivity index (χ3n) is 2.68. The maximum atomic E-state index is 12.3. The fourth-order valence-corrected chi connectivity index (χ4v) is 2.95. The van der Waals surface area contributed by atoms with Gasteiger partial charge in [0.2, 0.25) is 10.0 Å². The number of pyridine rings is 1. The lowest BCUT2D eigenvalue weighted by molar-refractivity contribution is 0.462. The Hall–Kier alpha value is -1.37. The summed E-state index contributed by atoms with van der Waals surface area (Å²) in [5, 5.41) is 0. The van der Waals surface area contributed by atoms with Crippen molar-refractivity contribution < 1.29 is 8.42 Å². The average molecular weight is 300 g/mol. The Morgan fingerprint density at radius 3 is 2.79 bits per heavy atom. The molecule has 2 aromatic heterocycles. The van der Waals surface area contributed by atoms with Gasteiger partial charge in [-0.05, 0) is 18.2 Å². The van der Waals surface area contributed by atoms with E-state index >= 15 is 0 Å². The zero-order valence-corrected chi connectivity index (χ0v) is 11.9. The van der Waals surface area contributed by atoms with Crippen LogP contribution in [0.4, 0.5) is 0 Å². The second kappa shape index (κ2) is 5.73. The second-order valence-corrected chi connectivity index (χ2v) is 6.39. The van der Waals surface area contributed by atoms with Crippen LogP contribution in [0.1, 0.15) is 11.4 Å². The van der Waals surface area contributed by atoms with E-state index in [0.29, 0.717) is 11.4 Å². The number of rotatable bonds is 5. The van der Waals surface area contributed by atoms with Crippen LogP contribution in [-0.2, 0) is 22.4 Å². The largest absolute Gasteiger partial charge is 0.363 e. The van der Waals surface area contributed by atoms with Gasteiger partial charge in [0.25, 0.3) is 0 Å². The third-order valence-corrected chi connectivity index (χ3v) is 4.75. The molecule has 7 heteroatoms. The highest BCUT2D eigenvalue weighted by Gasteiger charge is 2.22. The summed E-state index contributed by atoms with van der Waals surface area (Å²) in [4.78, 5) is 7.15. The number of H-pyrrole nitrogens is 1. The van der Waals surface area contributed by atoms with E-state index < -0.39 is 10.0 Å². The Labute approximate surface area is 117 Å². The first-order chi connectivity index (χ1) is 9.04. The van der Waals surface area contributed by atoms with Crippen LogP contribution >= 0.6 is 11.6 Å². The number of aromatic nitrogens is 2. The number of sulfonamides is 1. The summed E-state index contributed by atoms with van der Waals surface area (Å²) < 4.78 is 25.9. The van der Waals surface area contributed by atoms with Gasteiger partial charge in [0, 0.05) is 25.1 Å². The van der Waals surface area contributed by atoms with Crippen molar-refractivity contribution in [2.75, 3.05) is 7.05 Å². The van der Waals surface area contributed by atoms with Crippen LogP contribution in [0.15, 0.2) is 41.6 Å². The van der Waals surface area contributed by atoms with Gasteiger partial charge in [-0.25, -0.2) is 8.42 Å². The molecule has 0 fully saturated rings. The standard InChI is InChI=1S/C12H14ClN3O2S/c1-16(9-10-4-2-3-5-14-10)19(17,18)12-6-11(7-13)15-8-12/h2-6,8,15H,7,9H2,1H3. The number of nitrogens with one attached hydrogen (secondary N) is 1. The molecule has 19 heavy (non-hydrogen) atoms. The lowest BCUT2D eigenvalue weighted by atomic mass is 10.3. The Morgan fingerprint density at radius 1 is 1.42 bits per heavy atom. The van der Waals surface area contributed by atoms with E-state index in [-0.39, 0.29) is 17.3 Å². The summed E-state index contributed by atoms with van der Waals surface area (Å²) in [5.41, 5.74) is 1.37. The number of halogens is 1. The van der Waals surface area contributed by atoms with Crippen LogP contribution in [0.3, 0.4) is 0 Å². The molecule has 102 valence electrons. The number of hydrogen-bond acceptors (Lipinski definition) is 3. The average Bonchev–Trinajstić information content (AvgIpc) is 2.89. The summed E-state index contributed by atoms with van der Waals surface area (Å²) in [6.07, 6.45) is 3.08. The molecule has 0 spiro atoms. The van der Waals surface area contributed by atoms with E-state index in [9.17, 15) is 8.42 Å². The van der Waals surface area contributed by atoms with Crippen LogP contribution in [0.25, 0.3) is 0 Å². The fraction of sp³-hybridized carbons (Fsp3) is 0.250. The highest BCUT2D eigenvalue weighted by Crippen LogP contribution is 2.17. The summed E-state index contributed by atoms with van der Waals surface area (Å²) in [5.74, 6) is 0.249. The monoisotopic (exact) mass is 299 g/mol. The summed E-state index contributed by atoms with van der Waals surface area (Å²) in [6, 6.07) is 6.94. The molecule has 0 saturated heterocycles. The molecule has 0 radical (unpaired) electrons. The lowest BCUT2D eigenvalue weighted by Gasteiger charge is -2.15. The molecule has 0 aromatic carbocycles. The summed E-state index contributed by atoms with van der Waals surface area (Å²) in [6.45, 7) is 0.227. The Balaban J connectivity index is 2.19. The molecule has 1 N–H and O–H groups in total. The van der Waals surface area contributed by atoms with Gasteiger partial charge in [0.15, 0.2) is 0 Å². The van der Waals surface area contributed by atoms with E-state index in [1.165, 1.54) is 23.6 Å². The van der Waals surface area contributed by atoms with Crippen molar-refractivity contribution in [1.29, 1.82) is 0 Å². The van der Waals surface area contributed by atoms with Crippen LogP contribution in [0.5, 0.6) is 0 Å². The van der Waals surface area contributed by atoms with Crippen molar-refractivity contribution in [2.24, 2.45) is 0 Å². The normalized spacial score (nSPS) is 11.9. The van der Waals surface area contributed by atoms with Gasteiger partial charge < -0.3 is 4.98 Å². The van der Waals surface area contributed by atoms with Crippen LogP contribution in [0, 0.1) is 0 Å².